The fourth-order valence-electron chi connectivity index (χ4n) is 5.94. The summed E-state index contributed by atoms with van der Waals surface area (Å²) in [5.74, 6) is 0. The van der Waals surface area contributed by atoms with E-state index < -0.39 is 0 Å². The van der Waals surface area contributed by atoms with Crippen LogP contribution in [0.4, 0.5) is 11.4 Å². The van der Waals surface area contributed by atoms with Gasteiger partial charge < -0.3 is 5.73 Å². The molecule has 2 nitrogen and oxygen atoms in total. The molecule has 0 bridgehead atoms. The van der Waals surface area contributed by atoms with Gasteiger partial charge in [-0.05, 0) is 70.3 Å². The molecule has 200 valence electrons. The molecule has 0 spiro atoms. The van der Waals surface area contributed by atoms with Crippen LogP contribution in [0.3, 0.4) is 0 Å². The quantitative estimate of drug-likeness (QED) is 0.149. The van der Waals surface area contributed by atoms with Crippen molar-refractivity contribution < 1.29 is 0 Å². The largest absolute Gasteiger partial charge is 0.326 e. The Morgan fingerprint density at radius 2 is 1.44 bits per heavy atom. The van der Waals surface area contributed by atoms with Crippen molar-refractivity contribution in [1.82, 2.24) is 4.58 Å². The van der Waals surface area contributed by atoms with E-state index in [4.69, 9.17) is 5.73 Å². The van der Waals surface area contributed by atoms with Gasteiger partial charge in [0.05, 0.1) is 5.39 Å². The number of hydrogen-bond donors (Lipinski definition) is 1. The summed E-state index contributed by atoms with van der Waals surface area (Å²) in [5.41, 5.74) is 18.5. The van der Waals surface area contributed by atoms with Gasteiger partial charge in [0.25, 0.3) is 0 Å². The number of rotatable bonds is 9. The van der Waals surface area contributed by atoms with Crippen molar-refractivity contribution >= 4 is 39.0 Å². The zero-order chi connectivity index (χ0) is 28.2. The maximum absolute atomic E-state index is 5.94. The average molecular weight is 532 g/mol. The van der Waals surface area contributed by atoms with Crippen molar-refractivity contribution in [1.29, 1.82) is 0 Å². The van der Waals surface area contributed by atoms with E-state index in [1.165, 1.54) is 55.7 Å². The molecular formula is C39H35N2+. The highest BCUT2D eigenvalue weighted by Gasteiger charge is 2.38. The van der Waals surface area contributed by atoms with Gasteiger partial charge in [-0.3, -0.25) is 0 Å². The lowest BCUT2D eigenvalue weighted by Crippen LogP contribution is -2.29. The van der Waals surface area contributed by atoms with Crippen LogP contribution in [-0.4, -0.2) is 12.3 Å². The third-order valence-electron chi connectivity index (χ3n) is 8.06. The van der Waals surface area contributed by atoms with Crippen LogP contribution in [0, 0.1) is 0 Å². The third-order valence-corrected chi connectivity index (χ3v) is 8.06. The van der Waals surface area contributed by atoms with Crippen molar-refractivity contribution in [3.8, 4) is 11.1 Å². The van der Waals surface area contributed by atoms with E-state index >= 15 is 0 Å². The molecule has 0 aromatic heterocycles. The predicted molar refractivity (Wildman–Crippen MR) is 178 cm³/mol. The molecule has 0 unspecified atom stereocenters. The van der Waals surface area contributed by atoms with Gasteiger partial charge >= 0.3 is 0 Å². The molecule has 0 fully saturated rings. The molecule has 41 heavy (non-hydrogen) atoms. The van der Waals surface area contributed by atoms with E-state index in [0.717, 1.165) is 24.0 Å². The van der Waals surface area contributed by atoms with E-state index in [1.807, 2.05) is 6.08 Å². The van der Waals surface area contributed by atoms with Gasteiger partial charge in [0.15, 0.2) is 0 Å². The first-order valence-electron chi connectivity index (χ1n) is 14.3. The highest BCUT2D eigenvalue weighted by atomic mass is 15.1. The molecule has 5 aromatic rings. The molecule has 6 rings (SSSR count). The zero-order valence-electron chi connectivity index (χ0n) is 23.6. The van der Waals surface area contributed by atoms with Gasteiger partial charge in [0.2, 0.25) is 17.1 Å². The smallest absolute Gasteiger partial charge is 0.232 e. The van der Waals surface area contributed by atoms with E-state index in [-0.39, 0.29) is 0 Å². The molecule has 1 aliphatic heterocycles. The van der Waals surface area contributed by atoms with Crippen molar-refractivity contribution in [2.24, 2.45) is 5.73 Å². The molecule has 5 aromatic carbocycles. The second-order valence-electron chi connectivity index (χ2n) is 10.4. The lowest BCUT2D eigenvalue weighted by atomic mass is 9.88. The molecule has 0 radical (unpaired) electrons. The van der Waals surface area contributed by atoms with Crippen LogP contribution in [0.1, 0.15) is 36.5 Å². The van der Waals surface area contributed by atoms with Crippen LogP contribution in [0.15, 0.2) is 140 Å². The average Bonchev–Trinajstić information content (AvgIpc) is 3.02. The van der Waals surface area contributed by atoms with Gasteiger partial charge in [-0.1, -0.05) is 110 Å². The first-order valence-corrected chi connectivity index (χ1v) is 14.3. The van der Waals surface area contributed by atoms with Crippen LogP contribution in [-0.2, 0) is 0 Å². The highest BCUT2D eigenvalue weighted by Crippen LogP contribution is 2.42. The molecule has 2 N–H and O–H groups in total. The van der Waals surface area contributed by atoms with Gasteiger partial charge in [-0.25, -0.2) is 0 Å². The van der Waals surface area contributed by atoms with E-state index in [9.17, 15) is 0 Å². The third kappa shape index (κ3) is 5.11. The Labute approximate surface area is 243 Å². The van der Waals surface area contributed by atoms with Crippen molar-refractivity contribution in [2.75, 3.05) is 6.54 Å². The molecule has 1 heterocycles. The minimum atomic E-state index is 0.492. The Bertz CT molecular complexity index is 1810. The Kier molecular flexibility index (Phi) is 7.58. The van der Waals surface area contributed by atoms with Crippen LogP contribution in [0.5, 0.6) is 0 Å². The maximum Gasteiger partial charge on any atom is 0.232 e. The number of fused-ring (bicyclic) bond motifs is 3. The summed E-state index contributed by atoms with van der Waals surface area (Å²) in [5, 5.41) is 2.53. The minimum absolute atomic E-state index is 0.492. The summed E-state index contributed by atoms with van der Waals surface area (Å²) in [7, 11) is 0. The van der Waals surface area contributed by atoms with Gasteiger partial charge in [0.1, 0.15) is 5.56 Å². The molecule has 0 saturated carbocycles. The molecule has 1 aliphatic rings. The Balaban J connectivity index is 1.35. The van der Waals surface area contributed by atoms with Crippen LogP contribution in [0.25, 0.3) is 33.0 Å². The number of nitrogens with two attached hydrogens (primary N) is 1. The van der Waals surface area contributed by atoms with Gasteiger partial charge in [0, 0.05) is 25.1 Å². The highest BCUT2D eigenvalue weighted by molar-refractivity contribution is 6.21. The summed E-state index contributed by atoms with van der Waals surface area (Å²) >= 11 is 0. The van der Waals surface area contributed by atoms with Crippen molar-refractivity contribution in [3.63, 3.8) is 0 Å². The maximum atomic E-state index is 5.94. The van der Waals surface area contributed by atoms with Gasteiger partial charge in [-0.2, -0.15) is 4.58 Å². The molecular weight excluding hydrogens is 496 g/mol. The number of nitrogens with zero attached hydrogens (tertiary/aromatic N) is 1. The fourth-order valence-corrected chi connectivity index (χ4v) is 5.94. The fraction of sp³-hybridized carbons (Fsp3) is 0.103. The Morgan fingerprint density at radius 1 is 0.756 bits per heavy atom. The molecule has 0 amide bonds. The normalized spacial score (nSPS) is 13.2. The van der Waals surface area contributed by atoms with Gasteiger partial charge in [-0.15, -0.1) is 0 Å². The monoisotopic (exact) mass is 531 g/mol. The first kappa shape index (κ1) is 26.4. The van der Waals surface area contributed by atoms with Crippen LogP contribution in [0.2, 0.25) is 0 Å². The second-order valence-corrected chi connectivity index (χ2v) is 10.4. The molecule has 0 atom stereocenters. The molecule has 2 heteroatoms. The summed E-state index contributed by atoms with van der Waals surface area (Å²) in [6, 6.07) is 41.6. The first-order chi connectivity index (χ1) is 20.2. The number of para-hydroxylation sites is 1. The topological polar surface area (TPSA) is 29.0 Å². The number of hydrogen-bond acceptors (Lipinski definition) is 1. The zero-order valence-corrected chi connectivity index (χ0v) is 23.6. The number of benzene rings is 5. The second kappa shape index (κ2) is 11.8. The van der Waals surface area contributed by atoms with Crippen molar-refractivity contribution in [2.45, 2.75) is 19.8 Å². The van der Waals surface area contributed by atoms with Crippen LogP contribution < -0.4 is 10.3 Å². The summed E-state index contributed by atoms with van der Waals surface area (Å²) < 4.78 is 2.46. The predicted octanol–water partition coefficient (Wildman–Crippen LogP) is 9.56. The molecule has 0 saturated heterocycles. The summed E-state index contributed by atoms with van der Waals surface area (Å²) in [6.45, 7) is 6.45. The standard InChI is InChI=1S/C39H35N2/c1-3-11-34(27-40)31-18-16-30(17-19-31)32-20-23-36-33(26-32)21-24-37-38(41(39(36)37)35-14-9-6-10-15-35)25-22-28(4-2)29-12-7-5-8-13-29/h3-21,23-24,26H,1,22,25,27,40H2,2H3/q+1/b28-4+,34-11+. The van der Waals surface area contributed by atoms with E-state index in [2.05, 4.69) is 139 Å². The summed E-state index contributed by atoms with van der Waals surface area (Å²) in [4.78, 5) is 0. The van der Waals surface area contributed by atoms with E-state index in [0.29, 0.717) is 6.54 Å². The van der Waals surface area contributed by atoms with Crippen LogP contribution >= 0.6 is 0 Å². The Hall–Kier alpha value is -4.79. The number of allylic oxidation sites excluding steroid dienone is 4. The lowest BCUT2D eigenvalue weighted by Gasteiger charge is -2.22. The van der Waals surface area contributed by atoms with E-state index in [1.54, 1.807) is 6.08 Å². The summed E-state index contributed by atoms with van der Waals surface area (Å²) in [6.07, 6.45) is 8.01. The lowest BCUT2D eigenvalue weighted by molar-refractivity contribution is 0.970. The SMILES string of the molecule is C=C/C=C(\CN)c1ccc(-c2ccc3c4c(ccc3c2)C(CC/C(=C\C)c2ccccc2)=[N+]4c2ccccc2)cc1. The Morgan fingerprint density at radius 3 is 2.12 bits per heavy atom. The minimum Gasteiger partial charge on any atom is -0.326 e. The molecule has 0 aliphatic carbocycles. The van der Waals surface area contributed by atoms with Crippen molar-refractivity contribution in [3.05, 3.63) is 157 Å².